The minimum absolute atomic E-state index is 1.02. The second-order valence-electron chi connectivity index (χ2n) is 6.41. The summed E-state index contributed by atoms with van der Waals surface area (Å²) in [7, 11) is 0. The lowest BCUT2D eigenvalue weighted by Crippen LogP contribution is -1.92. The molecule has 0 atom stereocenters. The molecular formula is C21H22N2. The van der Waals surface area contributed by atoms with Crippen molar-refractivity contribution in [2.75, 3.05) is 0 Å². The summed E-state index contributed by atoms with van der Waals surface area (Å²) in [5.41, 5.74) is 6.27. The molecule has 4 aromatic rings. The van der Waals surface area contributed by atoms with E-state index >= 15 is 0 Å². The van der Waals surface area contributed by atoms with Gasteiger partial charge in [0, 0.05) is 22.5 Å². The highest BCUT2D eigenvalue weighted by Crippen LogP contribution is 2.35. The Morgan fingerprint density at radius 2 is 1.91 bits per heavy atom. The van der Waals surface area contributed by atoms with Crippen molar-refractivity contribution in [2.45, 2.75) is 40.0 Å². The van der Waals surface area contributed by atoms with Gasteiger partial charge in [0.15, 0.2) is 0 Å². The lowest BCUT2D eigenvalue weighted by Gasteiger charge is -2.06. The average molecular weight is 302 g/mol. The molecule has 0 unspecified atom stereocenters. The fourth-order valence-electron chi connectivity index (χ4n) is 3.61. The molecule has 116 valence electrons. The van der Waals surface area contributed by atoms with Crippen LogP contribution in [0.1, 0.15) is 37.1 Å². The first-order valence-corrected chi connectivity index (χ1v) is 8.54. The van der Waals surface area contributed by atoms with Gasteiger partial charge in [-0.05, 0) is 47.7 Å². The molecule has 2 heterocycles. The van der Waals surface area contributed by atoms with Crippen molar-refractivity contribution in [3.8, 4) is 0 Å². The largest absolute Gasteiger partial charge is 0.354 e. The summed E-state index contributed by atoms with van der Waals surface area (Å²) in [5, 5.41) is 5.30. The summed E-state index contributed by atoms with van der Waals surface area (Å²) >= 11 is 0. The third-order valence-corrected chi connectivity index (χ3v) is 4.84. The molecule has 4 rings (SSSR count). The van der Waals surface area contributed by atoms with E-state index in [2.05, 4.69) is 56.1 Å². The van der Waals surface area contributed by atoms with Crippen LogP contribution in [0.2, 0.25) is 0 Å². The van der Waals surface area contributed by atoms with Gasteiger partial charge in [0.2, 0.25) is 0 Å². The van der Waals surface area contributed by atoms with Crippen molar-refractivity contribution in [3.63, 3.8) is 0 Å². The summed E-state index contributed by atoms with van der Waals surface area (Å²) in [6.07, 6.45) is 5.21. The third-order valence-electron chi connectivity index (χ3n) is 4.84. The van der Waals surface area contributed by atoms with Gasteiger partial charge in [0.25, 0.3) is 0 Å². The fraction of sp³-hybridized carbons (Fsp3) is 0.286. The van der Waals surface area contributed by atoms with Gasteiger partial charge in [-0.15, -0.1) is 0 Å². The second-order valence-corrected chi connectivity index (χ2v) is 6.41. The fourth-order valence-corrected chi connectivity index (χ4v) is 3.61. The highest BCUT2D eigenvalue weighted by Gasteiger charge is 2.14. The van der Waals surface area contributed by atoms with E-state index in [0.29, 0.717) is 0 Å². The molecule has 0 amide bonds. The van der Waals surface area contributed by atoms with Gasteiger partial charge in [0.1, 0.15) is 0 Å². The van der Waals surface area contributed by atoms with E-state index in [4.69, 9.17) is 4.98 Å². The first kappa shape index (κ1) is 14.3. The van der Waals surface area contributed by atoms with Gasteiger partial charge < -0.3 is 4.98 Å². The average Bonchev–Trinajstić information content (AvgIpc) is 2.98. The minimum atomic E-state index is 1.02. The third kappa shape index (κ3) is 2.13. The molecule has 0 aliphatic rings. The molecule has 2 aromatic heterocycles. The number of hydrogen-bond acceptors (Lipinski definition) is 1. The summed E-state index contributed by atoms with van der Waals surface area (Å²) in [4.78, 5) is 8.36. The number of aryl methyl sites for hydroxylation is 3. The molecule has 2 heteroatoms. The normalized spacial score (nSPS) is 11.8. The maximum absolute atomic E-state index is 4.74. The van der Waals surface area contributed by atoms with Crippen LogP contribution in [-0.4, -0.2) is 9.97 Å². The Morgan fingerprint density at radius 3 is 2.70 bits per heavy atom. The van der Waals surface area contributed by atoms with E-state index in [1.165, 1.54) is 49.4 Å². The summed E-state index contributed by atoms with van der Waals surface area (Å²) in [6, 6.07) is 11.3. The van der Waals surface area contributed by atoms with Gasteiger partial charge in [-0.3, -0.25) is 4.98 Å². The summed E-state index contributed by atoms with van der Waals surface area (Å²) < 4.78 is 0. The highest BCUT2D eigenvalue weighted by molar-refractivity contribution is 6.21. The van der Waals surface area contributed by atoms with Crippen molar-refractivity contribution >= 4 is 32.6 Å². The van der Waals surface area contributed by atoms with Crippen molar-refractivity contribution in [1.29, 1.82) is 0 Å². The molecular weight excluding hydrogens is 280 g/mol. The number of H-pyrrole nitrogens is 1. The van der Waals surface area contributed by atoms with Crippen LogP contribution in [0.5, 0.6) is 0 Å². The molecule has 0 aliphatic heterocycles. The number of pyridine rings is 1. The maximum atomic E-state index is 4.74. The highest BCUT2D eigenvalue weighted by atomic mass is 14.8. The molecule has 0 radical (unpaired) electrons. The Labute approximate surface area is 136 Å². The van der Waals surface area contributed by atoms with Crippen LogP contribution in [0.4, 0.5) is 0 Å². The molecule has 0 saturated carbocycles. The van der Waals surface area contributed by atoms with E-state index in [9.17, 15) is 0 Å². The Hall–Kier alpha value is -2.35. The molecule has 0 saturated heterocycles. The minimum Gasteiger partial charge on any atom is -0.354 e. The molecule has 0 aliphatic carbocycles. The van der Waals surface area contributed by atoms with Crippen LogP contribution in [-0.2, 0) is 12.8 Å². The van der Waals surface area contributed by atoms with Gasteiger partial charge in [-0.25, -0.2) is 0 Å². The number of benzene rings is 2. The topological polar surface area (TPSA) is 28.7 Å². The van der Waals surface area contributed by atoms with Crippen molar-refractivity contribution < 1.29 is 0 Å². The van der Waals surface area contributed by atoms with E-state index in [-0.39, 0.29) is 0 Å². The molecule has 0 bridgehead atoms. The number of nitrogens with zero attached hydrogens (tertiary/aromatic N) is 1. The zero-order valence-electron chi connectivity index (χ0n) is 14.0. The second kappa shape index (κ2) is 5.38. The van der Waals surface area contributed by atoms with Crippen molar-refractivity contribution in [2.24, 2.45) is 0 Å². The first-order chi connectivity index (χ1) is 11.2. The van der Waals surface area contributed by atoms with E-state index in [1.54, 1.807) is 0 Å². The standard InChI is InChI=1S/C21H22N2/c1-4-6-17-20-19-16-9-7-14(5-2)11-15(16)8-10-18(19)23-21(20)13(3)12-22-17/h7-12,23H,4-6H2,1-3H3. The molecule has 2 nitrogen and oxygen atoms in total. The Morgan fingerprint density at radius 1 is 1.04 bits per heavy atom. The van der Waals surface area contributed by atoms with Crippen LogP contribution in [0.15, 0.2) is 36.5 Å². The van der Waals surface area contributed by atoms with Crippen LogP contribution < -0.4 is 0 Å². The monoisotopic (exact) mass is 302 g/mol. The van der Waals surface area contributed by atoms with E-state index in [0.717, 1.165) is 19.3 Å². The SMILES string of the molecule is CCCc1ncc(C)c2[nH]c3ccc4cc(CC)ccc4c3c12. The summed E-state index contributed by atoms with van der Waals surface area (Å²) in [5.74, 6) is 0. The number of hydrogen-bond donors (Lipinski definition) is 1. The maximum Gasteiger partial charge on any atom is 0.0528 e. The molecule has 23 heavy (non-hydrogen) atoms. The number of fused-ring (bicyclic) bond motifs is 5. The molecule has 0 fully saturated rings. The predicted molar refractivity (Wildman–Crippen MR) is 99.2 cm³/mol. The predicted octanol–water partition coefficient (Wildman–Crippen LogP) is 5.69. The van der Waals surface area contributed by atoms with E-state index in [1.807, 2.05) is 6.20 Å². The van der Waals surface area contributed by atoms with Crippen LogP contribution in [0.3, 0.4) is 0 Å². The van der Waals surface area contributed by atoms with Crippen LogP contribution in [0, 0.1) is 6.92 Å². The number of aromatic amines is 1. The number of aromatic nitrogens is 2. The molecule has 2 aromatic carbocycles. The number of rotatable bonds is 3. The lowest BCUT2D eigenvalue weighted by atomic mass is 9.99. The first-order valence-electron chi connectivity index (χ1n) is 8.54. The Kier molecular flexibility index (Phi) is 3.33. The lowest BCUT2D eigenvalue weighted by molar-refractivity contribution is 0.892. The summed E-state index contributed by atoms with van der Waals surface area (Å²) in [6.45, 7) is 6.56. The Balaban J connectivity index is 2.19. The Bertz CT molecular complexity index is 1020. The van der Waals surface area contributed by atoms with Gasteiger partial charge in [-0.1, -0.05) is 44.5 Å². The van der Waals surface area contributed by atoms with Crippen LogP contribution >= 0.6 is 0 Å². The van der Waals surface area contributed by atoms with Crippen molar-refractivity contribution in [3.05, 3.63) is 53.3 Å². The zero-order chi connectivity index (χ0) is 16.0. The van der Waals surface area contributed by atoms with Crippen molar-refractivity contribution in [1.82, 2.24) is 9.97 Å². The smallest absolute Gasteiger partial charge is 0.0528 e. The van der Waals surface area contributed by atoms with Crippen LogP contribution in [0.25, 0.3) is 32.6 Å². The zero-order valence-corrected chi connectivity index (χ0v) is 14.0. The van der Waals surface area contributed by atoms with Gasteiger partial charge in [-0.2, -0.15) is 0 Å². The molecule has 0 spiro atoms. The quantitative estimate of drug-likeness (QED) is 0.517. The molecule has 1 N–H and O–H groups in total. The number of nitrogens with one attached hydrogen (secondary N) is 1. The van der Waals surface area contributed by atoms with Gasteiger partial charge in [0.05, 0.1) is 11.2 Å². The van der Waals surface area contributed by atoms with E-state index < -0.39 is 0 Å². The van der Waals surface area contributed by atoms with Gasteiger partial charge >= 0.3 is 0 Å².